The molecular weight excluding hydrogens is 623 g/mol. The third-order valence-electron chi connectivity index (χ3n) is 7.81. The van der Waals surface area contributed by atoms with Crippen LogP contribution in [-0.4, -0.2) is 44.3 Å². The number of nitrogens with one attached hydrogen (secondary N) is 1. The first kappa shape index (κ1) is 33.9. The summed E-state index contributed by atoms with van der Waals surface area (Å²) >= 11 is 0. The Morgan fingerprint density at radius 1 is 0.708 bits per heavy atom. The maximum absolute atomic E-state index is 14.5. The predicted octanol–water partition coefficient (Wildman–Crippen LogP) is 6.76. The molecule has 2 amide bonds. The number of para-hydroxylation sites is 1. The molecule has 9 heteroatoms. The molecule has 0 aliphatic heterocycles. The van der Waals surface area contributed by atoms with E-state index in [-0.39, 0.29) is 29.5 Å². The van der Waals surface area contributed by atoms with Gasteiger partial charge in [-0.2, -0.15) is 0 Å². The number of amides is 2. The second-order valence-corrected chi connectivity index (χ2v) is 13.2. The minimum Gasteiger partial charge on any atom is -0.457 e. The first-order chi connectivity index (χ1) is 23.2. The quantitative estimate of drug-likeness (QED) is 0.142. The number of nitrogens with zero attached hydrogens (tertiary/aromatic N) is 2. The predicted molar refractivity (Wildman–Crippen MR) is 188 cm³/mol. The van der Waals surface area contributed by atoms with E-state index in [0.717, 1.165) is 21.0 Å². The summed E-state index contributed by atoms with van der Waals surface area (Å²) in [6.45, 7) is 3.65. The summed E-state index contributed by atoms with van der Waals surface area (Å²) in [6, 6.07) is 40.3. The highest BCUT2D eigenvalue weighted by molar-refractivity contribution is 7.92. The molecule has 0 saturated heterocycles. The molecule has 0 unspecified atom stereocenters. The fourth-order valence-corrected chi connectivity index (χ4v) is 6.71. The van der Waals surface area contributed by atoms with E-state index in [1.165, 1.54) is 17.0 Å². The highest BCUT2D eigenvalue weighted by Crippen LogP contribution is 2.29. The molecule has 0 aliphatic rings. The van der Waals surface area contributed by atoms with Gasteiger partial charge in [-0.1, -0.05) is 96.6 Å². The number of hydrogen-bond acceptors (Lipinski definition) is 5. The molecule has 1 atom stereocenters. The van der Waals surface area contributed by atoms with Crippen LogP contribution in [0, 0.1) is 6.92 Å². The number of aryl methyl sites for hydroxylation is 1. The summed E-state index contributed by atoms with van der Waals surface area (Å²) in [7, 11) is -4.21. The lowest BCUT2D eigenvalue weighted by Gasteiger charge is -2.33. The van der Waals surface area contributed by atoms with Crippen LogP contribution in [0.3, 0.4) is 0 Å². The molecule has 5 rings (SSSR count). The van der Waals surface area contributed by atoms with Gasteiger partial charge in [-0.05, 0) is 73.5 Å². The van der Waals surface area contributed by atoms with Gasteiger partial charge in [0.1, 0.15) is 24.1 Å². The van der Waals surface area contributed by atoms with Crippen molar-refractivity contribution in [3.63, 3.8) is 0 Å². The largest absolute Gasteiger partial charge is 0.457 e. The average molecular weight is 662 g/mol. The van der Waals surface area contributed by atoms with E-state index in [0.29, 0.717) is 18.0 Å². The number of carbonyl (C=O) groups is 2. The van der Waals surface area contributed by atoms with Gasteiger partial charge >= 0.3 is 0 Å². The van der Waals surface area contributed by atoms with E-state index >= 15 is 0 Å². The second-order valence-electron chi connectivity index (χ2n) is 11.3. The molecule has 0 fully saturated rings. The Balaban J connectivity index is 1.54. The maximum Gasteiger partial charge on any atom is 0.264 e. The summed E-state index contributed by atoms with van der Waals surface area (Å²) in [5.41, 5.74) is 2.86. The van der Waals surface area contributed by atoms with Crippen molar-refractivity contribution in [3.8, 4) is 11.5 Å². The van der Waals surface area contributed by atoms with Gasteiger partial charge in [0.2, 0.25) is 11.8 Å². The second kappa shape index (κ2) is 15.9. The van der Waals surface area contributed by atoms with E-state index < -0.39 is 28.5 Å². The lowest BCUT2D eigenvalue weighted by Crippen LogP contribution is -2.53. The zero-order valence-electron chi connectivity index (χ0n) is 27.0. The number of ether oxygens (including phenoxy) is 1. The zero-order valence-corrected chi connectivity index (χ0v) is 27.8. The minimum absolute atomic E-state index is 0.0460. The van der Waals surface area contributed by atoms with Crippen LogP contribution in [0.5, 0.6) is 11.5 Å². The lowest BCUT2D eigenvalue weighted by molar-refractivity contribution is -0.140. The van der Waals surface area contributed by atoms with Crippen LogP contribution in [0.4, 0.5) is 5.69 Å². The van der Waals surface area contributed by atoms with Crippen molar-refractivity contribution in [2.24, 2.45) is 0 Å². The van der Waals surface area contributed by atoms with E-state index in [1.807, 2.05) is 105 Å². The third-order valence-corrected chi connectivity index (χ3v) is 9.60. The van der Waals surface area contributed by atoms with Gasteiger partial charge in [0.15, 0.2) is 0 Å². The molecule has 0 bridgehead atoms. The van der Waals surface area contributed by atoms with Crippen LogP contribution in [0.15, 0.2) is 144 Å². The van der Waals surface area contributed by atoms with Crippen LogP contribution < -0.4 is 14.4 Å². The number of carbonyl (C=O) groups excluding carboxylic acids is 2. The van der Waals surface area contributed by atoms with Gasteiger partial charge < -0.3 is 15.0 Å². The van der Waals surface area contributed by atoms with Crippen LogP contribution in [0.2, 0.25) is 0 Å². The Morgan fingerprint density at radius 3 is 1.83 bits per heavy atom. The van der Waals surface area contributed by atoms with Gasteiger partial charge in [-0.3, -0.25) is 13.9 Å². The standard InChI is InChI=1S/C39H39N3O5S/c1-3-40-39(44)37(27-31-13-7-4-8-14-31)41(28-32-15-9-5-10-16-32)38(43)29-42(48(45,46)36-25-19-30(2)20-26-36)33-21-23-35(24-22-33)47-34-17-11-6-12-18-34/h4-26,37H,3,27-29H2,1-2H3,(H,40,44)/t37-/m1/s1. The fraction of sp³-hybridized carbons (Fsp3) is 0.179. The molecule has 0 heterocycles. The van der Waals surface area contributed by atoms with Gasteiger partial charge in [0, 0.05) is 19.5 Å². The summed E-state index contributed by atoms with van der Waals surface area (Å²) in [5, 5.41) is 2.88. The highest BCUT2D eigenvalue weighted by Gasteiger charge is 2.34. The summed E-state index contributed by atoms with van der Waals surface area (Å²) < 4.78 is 35.6. The van der Waals surface area contributed by atoms with E-state index in [1.54, 1.807) is 36.4 Å². The number of likely N-dealkylation sites (N-methyl/N-ethyl adjacent to an activating group) is 1. The first-order valence-corrected chi connectivity index (χ1v) is 17.3. The monoisotopic (exact) mass is 661 g/mol. The molecular formula is C39H39N3O5S. The van der Waals surface area contributed by atoms with Crippen molar-refractivity contribution >= 4 is 27.5 Å². The van der Waals surface area contributed by atoms with Crippen LogP contribution in [-0.2, 0) is 32.6 Å². The highest BCUT2D eigenvalue weighted by atomic mass is 32.2. The number of anilines is 1. The van der Waals surface area contributed by atoms with E-state index in [2.05, 4.69) is 5.32 Å². The normalized spacial score (nSPS) is 11.7. The minimum atomic E-state index is -4.21. The first-order valence-electron chi connectivity index (χ1n) is 15.8. The summed E-state index contributed by atoms with van der Waals surface area (Å²) in [4.78, 5) is 29.7. The number of benzene rings is 5. The molecule has 8 nitrogen and oxygen atoms in total. The van der Waals surface area contributed by atoms with Crippen LogP contribution in [0.25, 0.3) is 0 Å². The van der Waals surface area contributed by atoms with Crippen molar-refractivity contribution in [2.45, 2.75) is 37.8 Å². The van der Waals surface area contributed by atoms with Crippen molar-refractivity contribution in [2.75, 3.05) is 17.4 Å². The topological polar surface area (TPSA) is 96.0 Å². The van der Waals surface area contributed by atoms with Gasteiger partial charge in [-0.25, -0.2) is 8.42 Å². The van der Waals surface area contributed by atoms with E-state index in [9.17, 15) is 18.0 Å². The molecule has 1 N–H and O–H groups in total. The molecule has 0 radical (unpaired) electrons. The molecule has 0 aromatic heterocycles. The Morgan fingerprint density at radius 2 is 1.25 bits per heavy atom. The van der Waals surface area contributed by atoms with E-state index in [4.69, 9.17) is 4.74 Å². The third kappa shape index (κ3) is 8.68. The smallest absolute Gasteiger partial charge is 0.264 e. The Hall–Kier alpha value is -5.41. The number of hydrogen-bond donors (Lipinski definition) is 1. The van der Waals surface area contributed by atoms with Crippen molar-refractivity contribution in [1.29, 1.82) is 0 Å². The Bertz CT molecular complexity index is 1890. The van der Waals surface area contributed by atoms with Gasteiger partial charge in [0.25, 0.3) is 10.0 Å². The summed E-state index contributed by atoms with van der Waals surface area (Å²) in [6.07, 6.45) is 0.251. The summed E-state index contributed by atoms with van der Waals surface area (Å²) in [5.74, 6) is 0.303. The van der Waals surface area contributed by atoms with Crippen molar-refractivity contribution in [3.05, 3.63) is 156 Å². The van der Waals surface area contributed by atoms with Gasteiger partial charge in [-0.15, -0.1) is 0 Å². The molecule has 48 heavy (non-hydrogen) atoms. The fourth-order valence-electron chi connectivity index (χ4n) is 5.30. The van der Waals surface area contributed by atoms with Crippen LogP contribution in [0.1, 0.15) is 23.6 Å². The maximum atomic E-state index is 14.5. The van der Waals surface area contributed by atoms with Gasteiger partial charge in [0.05, 0.1) is 10.6 Å². The van der Waals surface area contributed by atoms with Crippen LogP contribution >= 0.6 is 0 Å². The molecule has 0 saturated carbocycles. The lowest BCUT2D eigenvalue weighted by atomic mass is 10.0. The molecule has 246 valence electrons. The Kier molecular flexibility index (Phi) is 11.3. The molecule has 0 aliphatic carbocycles. The zero-order chi connectivity index (χ0) is 33.9. The molecule has 5 aromatic rings. The molecule has 5 aromatic carbocycles. The number of rotatable bonds is 14. The van der Waals surface area contributed by atoms with Crippen molar-refractivity contribution < 1.29 is 22.7 Å². The molecule has 0 spiro atoms. The average Bonchev–Trinajstić information content (AvgIpc) is 3.10. The Labute approximate surface area is 282 Å². The number of sulfonamides is 1. The van der Waals surface area contributed by atoms with Crippen molar-refractivity contribution in [1.82, 2.24) is 10.2 Å². The SMILES string of the molecule is CCNC(=O)[C@@H](Cc1ccccc1)N(Cc1ccccc1)C(=O)CN(c1ccc(Oc2ccccc2)cc1)S(=O)(=O)c1ccc(C)cc1.